The molecule has 4 rings (SSSR count). The van der Waals surface area contributed by atoms with Gasteiger partial charge in [0.15, 0.2) is 0 Å². The van der Waals surface area contributed by atoms with E-state index in [9.17, 15) is 19.5 Å². The maximum Gasteiger partial charge on any atom is 0.330 e. The first kappa shape index (κ1) is 25.5. The molecule has 0 aliphatic carbocycles. The first-order valence-corrected chi connectivity index (χ1v) is 11.4. The number of aliphatic imine (C=N–C) groups is 1. The van der Waals surface area contributed by atoms with E-state index in [1.54, 1.807) is 48.5 Å². The average Bonchev–Trinajstić information content (AvgIpc) is 3.50. The van der Waals surface area contributed by atoms with Gasteiger partial charge in [-0.15, -0.1) is 0 Å². The Kier molecular flexibility index (Phi) is 7.58. The smallest absolute Gasteiger partial charge is 0.330 e. The van der Waals surface area contributed by atoms with E-state index in [1.165, 1.54) is 0 Å². The van der Waals surface area contributed by atoms with Crippen LogP contribution in [-0.4, -0.2) is 65.9 Å². The maximum absolute atomic E-state index is 12.7. The number of para-hydroxylation sites is 1. The topological polar surface area (TPSA) is 189 Å². The van der Waals surface area contributed by atoms with E-state index in [4.69, 9.17) is 20.7 Å². The van der Waals surface area contributed by atoms with Gasteiger partial charge in [0.25, 0.3) is 5.91 Å². The summed E-state index contributed by atoms with van der Waals surface area (Å²) in [5, 5.41) is 27.0. The zero-order valence-corrected chi connectivity index (χ0v) is 19.9. The van der Waals surface area contributed by atoms with Gasteiger partial charge >= 0.3 is 5.97 Å². The highest BCUT2D eigenvalue weighted by atomic mass is 16.6. The fourth-order valence-electron chi connectivity index (χ4n) is 3.95. The fourth-order valence-corrected chi connectivity index (χ4v) is 3.95. The number of nitrogens with zero attached hydrogens (tertiary/aromatic N) is 2. The number of methoxy groups -OCH3 is 1. The molecule has 2 heterocycles. The highest BCUT2D eigenvalue weighted by Crippen LogP contribution is 2.33. The van der Waals surface area contributed by atoms with Crippen molar-refractivity contribution < 1.29 is 29.1 Å². The number of amidine groups is 1. The molecule has 192 valence electrons. The Bertz CT molecular complexity index is 1290. The Hall–Kier alpha value is -4.58. The third-order valence-electron chi connectivity index (χ3n) is 5.93. The van der Waals surface area contributed by atoms with Crippen molar-refractivity contribution in [2.75, 3.05) is 13.7 Å². The molecule has 2 aliphatic heterocycles. The van der Waals surface area contributed by atoms with Crippen LogP contribution in [0.4, 0.5) is 5.69 Å². The van der Waals surface area contributed by atoms with Gasteiger partial charge in [0.05, 0.1) is 24.9 Å². The minimum atomic E-state index is -1.23. The summed E-state index contributed by atoms with van der Waals surface area (Å²) in [6.07, 6.45) is -1.37. The molecule has 12 heteroatoms. The highest BCUT2D eigenvalue weighted by molar-refractivity contribution is 6.42. The van der Waals surface area contributed by atoms with Gasteiger partial charge in [-0.05, 0) is 11.6 Å². The second kappa shape index (κ2) is 11.0. The quantitative estimate of drug-likeness (QED) is 0.185. The van der Waals surface area contributed by atoms with Crippen molar-refractivity contribution in [1.29, 1.82) is 5.41 Å². The number of benzene rings is 2. The molecule has 0 aromatic heterocycles. The summed E-state index contributed by atoms with van der Waals surface area (Å²) < 4.78 is 4.75. The number of rotatable bonds is 9. The van der Waals surface area contributed by atoms with Gasteiger partial charge in [-0.1, -0.05) is 47.6 Å². The lowest BCUT2D eigenvalue weighted by Gasteiger charge is -2.18. The average molecular weight is 507 g/mol. The molecule has 2 amide bonds. The Balaban J connectivity index is 1.29. The van der Waals surface area contributed by atoms with E-state index in [0.29, 0.717) is 28.9 Å². The predicted octanol–water partition coefficient (Wildman–Crippen LogP) is 0.447. The zero-order valence-electron chi connectivity index (χ0n) is 19.9. The van der Waals surface area contributed by atoms with Gasteiger partial charge in [0, 0.05) is 24.1 Å². The number of carbonyl (C=O) groups excluding carboxylic acids is 3. The molecule has 3 unspecified atom stereocenters. The van der Waals surface area contributed by atoms with Crippen molar-refractivity contribution in [3.8, 4) is 0 Å². The first-order valence-electron chi connectivity index (χ1n) is 11.4. The van der Waals surface area contributed by atoms with Gasteiger partial charge in [-0.3, -0.25) is 15.0 Å². The molecule has 2 aromatic rings. The maximum atomic E-state index is 12.7. The van der Waals surface area contributed by atoms with E-state index in [-0.39, 0.29) is 24.5 Å². The molecule has 0 radical (unpaired) electrons. The minimum Gasteiger partial charge on any atom is -0.467 e. The van der Waals surface area contributed by atoms with Crippen LogP contribution in [0.3, 0.4) is 0 Å². The molecule has 0 spiro atoms. The van der Waals surface area contributed by atoms with Gasteiger partial charge in [-0.25, -0.2) is 9.79 Å². The van der Waals surface area contributed by atoms with Gasteiger partial charge < -0.3 is 31.0 Å². The molecule has 6 N–H and O–H groups in total. The van der Waals surface area contributed by atoms with Crippen molar-refractivity contribution in [2.24, 2.45) is 15.9 Å². The fraction of sp³-hybridized carbons (Fsp3) is 0.280. The molecule has 0 saturated heterocycles. The van der Waals surface area contributed by atoms with E-state index < -0.39 is 36.0 Å². The summed E-state index contributed by atoms with van der Waals surface area (Å²) in [5.74, 6) is -1.97. The summed E-state index contributed by atoms with van der Waals surface area (Å²) in [6, 6.07) is 12.5. The number of aliphatic hydroxyl groups is 1. The van der Waals surface area contributed by atoms with Crippen molar-refractivity contribution >= 4 is 40.7 Å². The molecule has 0 fully saturated rings. The normalized spacial score (nSPS) is 18.5. The van der Waals surface area contributed by atoms with Crippen LogP contribution in [-0.2, 0) is 24.0 Å². The van der Waals surface area contributed by atoms with Crippen LogP contribution in [0.2, 0.25) is 0 Å². The number of esters is 1. The van der Waals surface area contributed by atoms with Crippen LogP contribution in [0.25, 0.3) is 0 Å². The monoisotopic (exact) mass is 506 g/mol. The van der Waals surface area contributed by atoms with Crippen LogP contribution in [0.5, 0.6) is 0 Å². The molecule has 2 aromatic carbocycles. The van der Waals surface area contributed by atoms with Crippen LogP contribution in [0.1, 0.15) is 35.6 Å². The Morgan fingerprint density at radius 2 is 1.95 bits per heavy atom. The van der Waals surface area contributed by atoms with Crippen molar-refractivity contribution in [3.63, 3.8) is 0 Å². The standard InChI is InChI=1S/C25H26N6O6/c1-36-25(35)19(30-24(34)21-22(33)16-4-2-3-5-17(16)29-21)12-28-20(32)11-15-10-18(31-37-15)13-6-8-14(9-7-13)23(26)27/h2-9,15,19,22,33H,10-12H2,1H3,(H3,26,27)(H,28,32)(H,30,34). The van der Waals surface area contributed by atoms with Crippen molar-refractivity contribution in [1.82, 2.24) is 10.6 Å². The van der Waals surface area contributed by atoms with Crippen LogP contribution in [0, 0.1) is 5.41 Å². The van der Waals surface area contributed by atoms with Crippen LogP contribution in [0.15, 0.2) is 58.7 Å². The summed E-state index contributed by atoms with van der Waals surface area (Å²) in [7, 11) is 1.16. The Morgan fingerprint density at radius 3 is 2.62 bits per heavy atom. The second-order valence-electron chi connectivity index (χ2n) is 8.48. The highest BCUT2D eigenvalue weighted by Gasteiger charge is 2.33. The molecule has 0 bridgehead atoms. The number of ether oxygens (including phenoxy) is 1. The molecule has 37 heavy (non-hydrogen) atoms. The number of nitrogens with one attached hydrogen (secondary N) is 3. The summed E-state index contributed by atoms with van der Waals surface area (Å²) in [6.45, 7) is -0.236. The van der Waals surface area contributed by atoms with E-state index in [1.807, 2.05) is 0 Å². The van der Waals surface area contributed by atoms with E-state index in [0.717, 1.165) is 12.7 Å². The van der Waals surface area contributed by atoms with E-state index >= 15 is 0 Å². The number of nitrogen functional groups attached to an aromatic ring is 1. The number of amides is 2. The summed E-state index contributed by atoms with van der Waals surface area (Å²) in [5.41, 5.74) is 8.31. The number of fused-ring (bicyclic) bond motifs is 1. The lowest BCUT2D eigenvalue weighted by Crippen LogP contribution is -2.51. The Morgan fingerprint density at radius 1 is 1.22 bits per heavy atom. The molecule has 3 atom stereocenters. The zero-order chi connectivity index (χ0) is 26.5. The number of carbonyl (C=O) groups is 3. The minimum absolute atomic E-state index is 0.0267. The predicted molar refractivity (Wildman–Crippen MR) is 134 cm³/mol. The largest absolute Gasteiger partial charge is 0.467 e. The van der Waals surface area contributed by atoms with Gasteiger partial charge in [-0.2, -0.15) is 0 Å². The van der Waals surface area contributed by atoms with Gasteiger partial charge in [0.1, 0.15) is 29.8 Å². The molecular weight excluding hydrogens is 480 g/mol. The lowest BCUT2D eigenvalue weighted by molar-refractivity contribution is -0.144. The molecule has 2 aliphatic rings. The second-order valence-corrected chi connectivity index (χ2v) is 8.48. The molecular formula is C25H26N6O6. The lowest BCUT2D eigenvalue weighted by atomic mass is 10.0. The van der Waals surface area contributed by atoms with Crippen LogP contribution < -0.4 is 16.4 Å². The number of hydrogen-bond donors (Lipinski definition) is 5. The third kappa shape index (κ3) is 5.81. The SMILES string of the molecule is COC(=O)C(CNC(=O)CC1CC(c2ccc(C(=N)N)cc2)=NO1)NC(=O)C1=Nc2ccccc2C1O. The first-order chi connectivity index (χ1) is 17.8. The number of nitrogens with two attached hydrogens (primary N) is 1. The summed E-state index contributed by atoms with van der Waals surface area (Å²) in [4.78, 5) is 47.0. The van der Waals surface area contributed by atoms with Crippen molar-refractivity contribution in [2.45, 2.75) is 31.1 Å². The van der Waals surface area contributed by atoms with Crippen LogP contribution >= 0.6 is 0 Å². The Labute approximate surface area is 212 Å². The molecule has 0 saturated carbocycles. The molecule has 12 nitrogen and oxygen atoms in total. The van der Waals surface area contributed by atoms with Gasteiger partial charge in [0.2, 0.25) is 5.91 Å². The number of hydrogen-bond acceptors (Lipinski definition) is 9. The number of aliphatic hydroxyl groups excluding tert-OH is 1. The summed E-state index contributed by atoms with van der Waals surface area (Å²) >= 11 is 0. The number of oxime groups is 1. The third-order valence-corrected chi connectivity index (χ3v) is 5.93. The van der Waals surface area contributed by atoms with Crippen molar-refractivity contribution in [3.05, 3.63) is 65.2 Å². The van der Waals surface area contributed by atoms with E-state index in [2.05, 4.69) is 20.8 Å².